The Morgan fingerprint density at radius 3 is 2.45 bits per heavy atom. The molecule has 2 atom stereocenters. The van der Waals surface area contributed by atoms with Crippen LogP contribution in [0.5, 0.6) is 5.75 Å². The number of azide groups is 2. The van der Waals surface area contributed by atoms with Crippen LogP contribution in [0.1, 0.15) is 42.6 Å². The summed E-state index contributed by atoms with van der Waals surface area (Å²) in [6.45, 7) is 2.88. The molecular formula is C29H31N9O4. The Kier molecular flexibility index (Phi) is 10.4. The molecule has 0 spiro atoms. The first-order chi connectivity index (χ1) is 20.6. The molecule has 0 bridgehead atoms. The van der Waals surface area contributed by atoms with Gasteiger partial charge in [-0.25, -0.2) is 10.4 Å². The van der Waals surface area contributed by atoms with E-state index in [0.29, 0.717) is 47.7 Å². The summed E-state index contributed by atoms with van der Waals surface area (Å²) in [5, 5.41) is 16.7. The molecule has 13 nitrogen and oxygen atoms in total. The van der Waals surface area contributed by atoms with E-state index in [4.69, 9.17) is 19.6 Å². The molecule has 13 heteroatoms. The molecule has 3 aromatic rings. The zero-order chi connectivity index (χ0) is 29.8. The molecule has 0 radical (unpaired) electrons. The average molecular weight is 570 g/mol. The second-order valence-electron chi connectivity index (χ2n) is 9.41. The molecule has 1 amide bonds. The van der Waals surface area contributed by atoms with Gasteiger partial charge in [-0.05, 0) is 47.3 Å². The SMILES string of the molecule is CCCNNC(=O)[C@@]1(Cc2ccccc2N=[N+]=[N-])N=C(c2ccc(OCCCO)cc2)O[C@H]1c1ccccc1N=[N+]=[N-]. The van der Waals surface area contributed by atoms with Gasteiger partial charge in [0.1, 0.15) is 5.75 Å². The number of benzene rings is 3. The molecule has 4 rings (SSSR count). The van der Waals surface area contributed by atoms with E-state index in [2.05, 4.69) is 30.9 Å². The summed E-state index contributed by atoms with van der Waals surface area (Å²) in [6.07, 6.45) is 0.263. The quantitative estimate of drug-likeness (QED) is 0.0718. The van der Waals surface area contributed by atoms with Crippen molar-refractivity contribution in [3.05, 3.63) is 110 Å². The number of hydrazine groups is 1. The van der Waals surface area contributed by atoms with E-state index < -0.39 is 17.6 Å². The van der Waals surface area contributed by atoms with Crippen LogP contribution in [0.4, 0.5) is 11.4 Å². The minimum Gasteiger partial charge on any atom is -0.494 e. The molecule has 1 aliphatic rings. The van der Waals surface area contributed by atoms with Gasteiger partial charge in [-0.1, -0.05) is 65.7 Å². The van der Waals surface area contributed by atoms with Gasteiger partial charge in [0.05, 0.1) is 6.61 Å². The van der Waals surface area contributed by atoms with E-state index in [1.54, 1.807) is 72.8 Å². The molecule has 42 heavy (non-hydrogen) atoms. The number of ether oxygens (including phenoxy) is 2. The van der Waals surface area contributed by atoms with Crippen LogP contribution in [0.3, 0.4) is 0 Å². The molecule has 0 saturated heterocycles. The Bertz CT molecular complexity index is 1520. The fourth-order valence-electron chi connectivity index (χ4n) is 4.58. The number of rotatable bonds is 14. The lowest BCUT2D eigenvalue weighted by Gasteiger charge is -2.31. The van der Waals surface area contributed by atoms with Crippen molar-refractivity contribution in [3.8, 4) is 5.75 Å². The highest BCUT2D eigenvalue weighted by Gasteiger charge is 2.54. The Balaban J connectivity index is 1.87. The van der Waals surface area contributed by atoms with Crippen molar-refractivity contribution in [2.45, 2.75) is 37.8 Å². The number of aliphatic hydroxyl groups excluding tert-OH is 1. The highest BCUT2D eigenvalue weighted by molar-refractivity contribution is 6.01. The summed E-state index contributed by atoms with van der Waals surface area (Å²) in [5.74, 6) is 0.322. The molecule has 216 valence electrons. The fourth-order valence-corrected chi connectivity index (χ4v) is 4.58. The van der Waals surface area contributed by atoms with Crippen molar-refractivity contribution in [2.75, 3.05) is 19.8 Å². The highest BCUT2D eigenvalue weighted by atomic mass is 16.5. The number of nitrogens with one attached hydrogen (secondary N) is 2. The van der Waals surface area contributed by atoms with Crippen molar-refractivity contribution >= 4 is 23.2 Å². The molecule has 0 saturated carbocycles. The predicted molar refractivity (Wildman–Crippen MR) is 157 cm³/mol. The largest absolute Gasteiger partial charge is 0.494 e. The summed E-state index contributed by atoms with van der Waals surface area (Å²) in [6, 6.07) is 20.8. The first kappa shape index (κ1) is 29.9. The zero-order valence-corrected chi connectivity index (χ0v) is 23.1. The summed E-state index contributed by atoms with van der Waals surface area (Å²) < 4.78 is 12.1. The topological polar surface area (TPSA) is 190 Å². The number of nitrogens with zero attached hydrogens (tertiary/aromatic N) is 7. The first-order valence-corrected chi connectivity index (χ1v) is 13.5. The Labute approximate surface area is 242 Å². The third kappa shape index (κ3) is 6.80. The minimum absolute atomic E-state index is 0.00293. The molecule has 1 heterocycles. The van der Waals surface area contributed by atoms with Gasteiger partial charge in [-0.15, -0.1) is 0 Å². The molecular weight excluding hydrogens is 538 g/mol. The van der Waals surface area contributed by atoms with Crippen LogP contribution in [-0.2, 0) is 16.0 Å². The van der Waals surface area contributed by atoms with E-state index in [9.17, 15) is 15.9 Å². The van der Waals surface area contributed by atoms with Gasteiger partial charge in [0, 0.05) is 58.3 Å². The van der Waals surface area contributed by atoms with Crippen LogP contribution >= 0.6 is 0 Å². The Hall–Kier alpha value is -5.06. The third-order valence-corrected chi connectivity index (χ3v) is 6.58. The van der Waals surface area contributed by atoms with Gasteiger partial charge in [-0.3, -0.25) is 10.2 Å². The molecule has 0 fully saturated rings. The molecule has 3 aromatic carbocycles. The van der Waals surface area contributed by atoms with Crippen LogP contribution in [0.25, 0.3) is 20.9 Å². The lowest BCUT2D eigenvalue weighted by atomic mass is 9.81. The summed E-state index contributed by atoms with van der Waals surface area (Å²) >= 11 is 0. The minimum atomic E-state index is -1.60. The van der Waals surface area contributed by atoms with Gasteiger partial charge in [0.15, 0.2) is 11.6 Å². The van der Waals surface area contributed by atoms with E-state index in [-0.39, 0.29) is 24.6 Å². The van der Waals surface area contributed by atoms with Gasteiger partial charge in [-0.2, -0.15) is 0 Å². The Morgan fingerprint density at radius 2 is 1.74 bits per heavy atom. The van der Waals surface area contributed by atoms with Gasteiger partial charge in [0.25, 0.3) is 5.91 Å². The number of carbonyl (C=O) groups is 1. The maximum Gasteiger partial charge on any atom is 0.266 e. The van der Waals surface area contributed by atoms with Gasteiger partial charge in [0.2, 0.25) is 5.90 Å². The number of aliphatic hydroxyl groups is 1. The van der Waals surface area contributed by atoms with Crippen molar-refractivity contribution in [3.63, 3.8) is 0 Å². The normalized spacial score (nSPS) is 17.3. The molecule has 0 aliphatic carbocycles. The number of aliphatic imine (C=N–C) groups is 1. The van der Waals surface area contributed by atoms with Crippen molar-refractivity contribution in [2.24, 2.45) is 15.2 Å². The third-order valence-electron chi connectivity index (χ3n) is 6.58. The maximum atomic E-state index is 14.1. The number of carbonyl (C=O) groups excluding carboxylic acids is 1. The second kappa shape index (κ2) is 14.5. The van der Waals surface area contributed by atoms with Gasteiger partial charge >= 0.3 is 0 Å². The fraction of sp³-hybridized carbons (Fsp3) is 0.310. The van der Waals surface area contributed by atoms with E-state index in [1.165, 1.54) is 0 Å². The Morgan fingerprint density at radius 1 is 1.05 bits per heavy atom. The number of hydrogen-bond donors (Lipinski definition) is 3. The lowest BCUT2D eigenvalue weighted by molar-refractivity contribution is -0.130. The molecule has 0 unspecified atom stereocenters. The van der Waals surface area contributed by atoms with Crippen LogP contribution in [0, 0.1) is 0 Å². The first-order valence-electron chi connectivity index (χ1n) is 13.5. The molecule has 3 N–H and O–H groups in total. The smallest absolute Gasteiger partial charge is 0.266 e. The van der Waals surface area contributed by atoms with Crippen molar-refractivity contribution < 1.29 is 19.4 Å². The lowest BCUT2D eigenvalue weighted by Crippen LogP contribution is -2.54. The van der Waals surface area contributed by atoms with Crippen LogP contribution in [-0.4, -0.2) is 42.2 Å². The average Bonchev–Trinajstić information content (AvgIpc) is 3.39. The second-order valence-corrected chi connectivity index (χ2v) is 9.41. The standard InChI is InChI=1S/C29H31N9O4/c1-2-16-32-36-28(40)29(19-21-8-3-5-10-24(21)34-37-30)26(23-9-4-6-11-25(23)35-38-31)42-27(33-29)20-12-14-22(15-13-20)41-18-7-17-39/h3-6,8-15,26,32,39H,2,7,16-19H2,1H3,(H,36,40)/t26-,29-/m0/s1. The summed E-state index contributed by atoms with van der Waals surface area (Å²) in [4.78, 5) is 25.0. The van der Waals surface area contributed by atoms with E-state index in [1.807, 2.05) is 6.92 Å². The summed E-state index contributed by atoms with van der Waals surface area (Å²) in [7, 11) is 0. The molecule has 0 aromatic heterocycles. The van der Waals surface area contributed by atoms with Crippen LogP contribution < -0.4 is 15.6 Å². The van der Waals surface area contributed by atoms with Crippen LogP contribution in [0.15, 0.2) is 88.0 Å². The van der Waals surface area contributed by atoms with Crippen LogP contribution in [0.2, 0.25) is 0 Å². The van der Waals surface area contributed by atoms with E-state index in [0.717, 1.165) is 6.42 Å². The van der Waals surface area contributed by atoms with Gasteiger partial charge < -0.3 is 14.6 Å². The predicted octanol–water partition coefficient (Wildman–Crippen LogP) is 5.86. The zero-order valence-electron chi connectivity index (χ0n) is 23.1. The monoisotopic (exact) mass is 569 g/mol. The highest BCUT2D eigenvalue weighted by Crippen LogP contribution is 2.46. The number of amides is 1. The maximum absolute atomic E-state index is 14.1. The van der Waals surface area contributed by atoms with Crippen molar-refractivity contribution in [1.29, 1.82) is 0 Å². The number of hydrogen-bond acceptors (Lipinski definition) is 8. The van der Waals surface area contributed by atoms with Crippen molar-refractivity contribution in [1.82, 2.24) is 10.9 Å². The summed E-state index contributed by atoms with van der Waals surface area (Å²) in [5.41, 5.74) is 24.8. The molecule has 1 aliphatic heterocycles. The van der Waals surface area contributed by atoms with E-state index >= 15 is 0 Å².